The van der Waals surface area contributed by atoms with Crippen molar-refractivity contribution >= 4 is 38.4 Å². The van der Waals surface area contributed by atoms with Crippen molar-refractivity contribution < 1.29 is 61.2 Å². The summed E-state index contributed by atoms with van der Waals surface area (Å²) in [5, 5.41) is 3.01. The van der Waals surface area contributed by atoms with Gasteiger partial charge in [-0.25, -0.2) is 0 Å². The van der Waals surface area contributed by atoms with Crippen LogP contribution in [-0.4, -0.2) is 32.7 Å². The Labute approximate surface area is 193 Å². The summed E-state index contributed by atoms with van der Waals surface area (Å²) >= 11 is -0.165. The fourth-order valence-corrected chi connectivity index (χ4v) is 5.51. The Balaban J connectivity index is 2.29. The Morgan fingerprint density at radius 1 is 1.14 bits per heavy atom. The molecule has 0 saturated heterocycles. The molecule has 0 aliphatic carbocycles. The number of sulfone groups is 1. The normalized spacial score (nSPS) is 11.3. The molecule has 28 heavy (non-hydrogen) atoms. The van der Waals surface area contributed by atoms with E-state index in [4.69, 9.17) is 0 Å². The fraction of sp³-hybridized carbons (Fsp3) is 0.158. The maximum absolute atomic E-state index is 13.4. The molecule has 2 aromatic carbocycles. The van der Waals surface area contributed by atoms with E-state index in [0.29, 0.717) is 16.5 Å². The predicted molar refractivity (Wildman–Crippen MR) is 103 cm³/mol. The van der Waals surface area contributed by atoms with Gasteiger partial charge in [0.05, 0.1) is 0 Å². The summed E-state index contributed by atoms with van der Waals surface area (Å²) in [5.41, 5.74) is 0.942. The van der Waals surface area contributed by atoms with Crippen molar-refractivity contribution in [2.24, 2.45) is 0 Å². The van der Waals surface area contributed by atoms with Gasteiger partial charge in [-0.05, 0) is 0 Å². The molecule has 3 aromatic rings. The van der Waals surface area contributed by atoms with Crippen LogP contribution in [0.5, 0.6) is 0 Å². The first-order valence-electron chi connectivity index (χ1n) is 8.73. The standard InChI is InChI=1S/C19H19N3O4S.Ra.H/c1-3-16(23)22-18-17(27(25,26)13-7-5-4-6-8-13)14-11-12(19(24)20-2)9-10-15(14)21-18;;/h4-11H,3H2,1-2H3,(H3,20,21,22,23,24);;/q;+1;/p-1. The number of aromatic nitrogens is 1. The maximum atomic E-state index is 13.4. The molecule has 0 spiro atoms. The Hall–Kier alpha value is -1.66. The number of hydrogen-bond acceptors (Lipinski definition) is 4. The molecule has 3 rings (SSSR count). The van der Waals surface area contributed by atoms with E-state index in [1.807, 2.05) is 0 Å². The van der Waals surface area contributed by atoms with Gasteiger partial charge in [-0.15, -0.1) is 0 Å². The Kier molecular flexibility index (Phi) is 6.30. The van der Waals surface area contributed by atoms with Crippen LogP contribution in [0.1, 0.15) is 23.7 Å². The summed E-state index contributed by atoms with van der Waals surface area (Å²) in [6.45, 7) is 1.68. The number of benzene rings is 2. The van der Waals surface area contributed by atoms with Crippen LogP contribution >= 0.6 is 0 Å². The van der Waals surface area contributed by atoms with Gasteiger partial charge in [0, 0.05) is 0 Å². The number of carbonyl (C=O) groups excluding carboxylic acids is 2. The number of fused-ring (bicyclic) bond motifs is 1. The van der Waals surface area contributed by atoms with Crippen molar-refractivity contribution in [2.75, 3.05) is 12.4 Å². The van der Waals surface area contributed by atoms with Crippen LogP contribution in [-0.2, 0) is 14.6 Å². The second-order valence-electron chi connectivity index (χ2n) is 6.51. The predicted octanol–water partition coefficient (Wildman–Crippen LogP) is 2.62. The van der Waals surface area contributed by atoms with Crippen LogP contribution in [0.25, 0.3) is 10.9 Å². The minimum absolute atomic E-state index is 0.0332. The third kappa shape index (κ3) is 4.03. The number of anilines is 1. The minimum atomic E-state index is -3.93. The molecule has 0 atom stereocenters. The van der Waals surface area contributed by atoms with Gasteiger partial charge >= 0.3 is 195 Å². The Bertz CT molecular complexity index is 1150. The van der Waals surface area contributed by atoms with E-state index >= 15 is 0 Å². The summed E-state index contributed by atoms with van der Waals surface area (Å²) < 4.78 is 28.4. The molecule has 2 N–H and O–H groups in total. The molecule has 7 nitrogen and oxygen atoms in total. The van der Waals surface area contributed by atoms with Gasteiger partial charge in [0.25, 0.3) is 0 Å². The van der Waals surface area contributed by atoms with Crippen molar-refractivity contribution in [3.63, 3.8) is 0 Å². The van der Waals surface area contributed by atoms with Gasteiger partial charge in [0.15, 0.2) is 0 Å². The zero-order chi connectivity index (χ0) is 20.5. The molecule has 2 amide bonds. The quantitative estimate of drug-likeness (QED) is 0.464. The van der Waals surface area contributed by atoms with E-state index in [-0.39, 0.29) is 77.1 Å². The van der Waals surface area contributed by atoms with Crippen LogP contribution < -0.4 is 5.32 Å². The molecule has 0 fully saturated rings. The van der Waals surface area contributed by atoms with E-state index in [9.17, 15) is 18.0 Å². The van der Waals surface area contributed by atoms with Gasteiger partial charge < -0.3 is 0 Å². The summed E-state index contributed by atoms with van der Waals surface area (Å²) in [5.74, 6) is -0.341. The number of amides is 2. The summed E-state index contributed by atoms with van der Waals surface area (Å²) in [7, 11) is -2.20. The number of nitrogens with one attached hydrogen (secondary N) is 2. The second kappa shape index (κ2) is 8.37. The van der Waals surface area contributed by atoms with Crippen molar-refractivity contribution in [1.82, 2.24) is 5.42 Å². The summed E-state index contributed by atoms with van der Waals surface area (Å²) in [6.07, 6.45) is 0.207. The monoisotopic (exact) mass is 611 g/mol. The van der Waals surface area contributed by atoms with Gasteiger partial charge in [-0.2, -0.15) is 0 Å². The third-order valence-electron chi connectivity index (χ3n) is 4.31. The molecule has 9 heteroatoms. The molecule has 0 aliphatic rings. The third-order valence-corrected chi connectivity index (χ3v) is 7.84. The molecule has 0 aliphatic heterocycles. The topological polar surface area (TPSA) is 99.3 Å². The van der Waals surface area contributed by atoms with Gasteiger partial charge in [0.2, 0.25) is 0 Å². The summed E-state index contributed by atoms with van der Waals surface area (Å²) in [4.78, 5) is 27.4. The summed E-state index contributed by atoms with van der Waals surface area (Å²) in [6, 6.07) is 12.9. The van der Waals surface area contributed by atoms with Crippen LogP contribution in [0.2, 0.25) is 0 Å². The van der Waals surface area contributed by atoms with Crippen LogP contribution in [0, 0.1) is 43.2 Å². The number of rotatable bonds is 5. The first kappa shape index (κ1) is 21.1. The van der Waals surface area contributed by atoms with Crippen LogP contribution in [0.4, 0.5) is 5.82 Å². The number of hydrogen-bond donors (Lipinski definition) is 2. The first-order chi connectivity index (χ1) is 13.3. The Morgan fingerprint density at radius 2 is 1.82 bits per heavy atom. The second-order valence-corrected chi connectivity index (χ2v) is 13.9. The SMILES string of the molecule is CCC(=O)Nc1[nH]c2ccc(C(=O)[N](C)[RaH])cc2c1S(=O)(=O)c1ccccc1. The Morgan fingerprint density at radius 3 is 2.43 bits per heavy atom. The van der Waals surface area contributed by atoms with Gasteiger partial charge in [-0.3, -0.25) is 0 Å². The average molecular weight is 611 g/mol. The number of carbonyl (C=O) groups is 2. The molecular formula is C19H19N3O4RaS. The molecule has 0 unspecified atom stereocenters. The number of aromatic amines is 1. The zero-order valence-corrected chi connectivity index (χ0v) is 24.9. The van der Waals surface area contributed by atoms with E-state index < -0.39 is 9.84 Å². The van der Waals surface area contributed by atoms with Gasteiger partial charge in [-0.1, -0.05) is 0 Å². The van der Waals surface area contributed by atoms with Crippen molar-refractivity contribution in [1.29, 1.82) is 0 Å². The van der Waals surface area contributed by atoms with Gasteiger partial charge in [0.1, 0.15) is 0 Å². The molecule has 0 saturated carbocycles. The van der Waals surface area contributed by atoms with Crippen molar-refractivity contribution in [3.8, 4) is 0 Å². The zero-order valence-electron chi connectivity index (χ0n) is 15.8. The van der Waals surface area contributed by atoms with Crippen LogP contribution in [0.3, 0.4) is 0 Å². The van der Waals surface area contributed by atoms with Crippen LogP contribution in [0.15, 0.2) is 58.3 Å². The molecule has 0 bridgehead atoms. The molecule has 142 valence electrons. The molecule has 0 radical (unpaired) electrons. The van der Waals surface area contributed by atoms with E-state index in [2.05, 4.69) is 10.3 Å². The van der Waals surface area contributed by atoms with Crippen molar-refractivity contribution in [2.45, 2.75) is 23.1 Å². The fourth-order valence-electron chi connectivity index (χ4n) is 2.87. The average Bonchev–Trinajstić information content (AvgIpc) is 3.05. The van der Waals surface area contributed by atoms with E-state index in [1.54, 1.807) is 50.8 Å². The molecule has 1 aromatic heterocycles. The molecule has 1 heterocycles. The van der Waals surface area contributed by atoms with E-state index in [1.165, 1.54) is 12.1 Å². The van der Waals surface area contributed by atoms with E-state index in [0.717, 1.165) is 0 Å². The first-order valence-corrected chi connectivity index (χ1v) is 13.9. The molecular weight excluding hydrogens is 592 g/mol. The number of nitrogens with zero attached hydrogens (tertiary/aromatic N) is 1. The number of H-pyrrole nitrogens is 1. The van der Waals surface area contributed by atoms with Crippen molar-refractivity contribution in [3.05, 3.63) is 54.1 Å².